The number of rotatable bonds is 4. The number of hydrogen-bond acceptors (Lipinski definition) is 3. The number of phenols is 3. The lowest BCUT2D eigenvalue weighted by Crippen LogP contribution is -2.02. The summed E-state index contributed by atoms with van der Waals surface area (Å²) in [5.41, 5.74) is 9.97. The van der Waals surface area contributed by atoms with Crippen molar-refractivity contribution in [1.29, 1.82) is 0 Å². The molecule has 0 saturated heterocycles. The molecule has 0 radical (unpaired) electrons. The summed E-state index contributed by atoms with van der Waals surface area (Å²) < 4.78 is 0. The molecule has 0 unspecified atom stereocenters. The lowest BCUT2D eigenvalue weighted by molar-refractivity contribution is 0.462. The van der Waals surface area contributed by atoms with Crippen molar-refractivity contribution in [2.24, 2.45) is 0 Å². The number of phenolic OH excluding ortho intramolecular Hbond substituents is 3. The van der Waals surface area contributed by atoms with Crippen LogP contribution in [0.4, 0.5) is 0 Å². The van der Waals surface area contributed by atoms with Crippen LogP contribution in [-0.4, -0.2) is 15.3 Å². The summed E-state index contributed by atoms with van der Waals surface area (Å²) in [6.07, 6.45) is 1.23. The molecule has 0 aliphatic rings. The predicted octanol–water partition coefficient (Wildman–Crippen LogP) is 5.84. The van der Waals surface area contributed by atoms with Gasteiger partial charge in [-0.3, -0.25) is 0 Å². The van der Waals surface area contributed by atoms with E-state index in [1.54, 1.807) is 12.1 Å². The first-order chi connectivity index (χ1) is 13.6. The Morgan fingerprint density at radius 3 is 1.48 bits per heavy atom. The molecule has 0 amide bonds. The Kier molecular flexibility index (Phi) is 5.61. The molecule has 29 heavy (non-hydrogen) atoms. The van der Waals surface area contributed by atoms with Crippen molar-refractivity contribution < 1.29 is 15.3 Å². The number of benzene rings is 3. The molecule has 0 aliphatic carbocycles. The van der Waals surface area contributed by atoms with E-state index in [9.17, 15) is 15.3 Å². The Morgan fingerprint density at radius 1 is 0.517 bits per heavy atom. The lowest BCUT2D eigenvalue weighted by Gasteiger charge is -2.18. The van der Waals surface area contributed by atoms with Crippen molar-refractivity contribution in [3.63, 3.8) is 0 Å². The van der Waals surface area contributed by atoms with Gasteiger partial charge in [0.15, 0.2) is 0 Å². The highest BCUT2D eigenvalue weighted by Gasteiger charge is 2.17. The number of aromatic hydroxyl groups is 3. The molecule has 0 heterocycles. The van der Waals surface area contributed by atoms with Crippen LogP contribution in [0.15, 0.2) is 30.3 Å². The fourth-order valence-electron chi connectivity index (χ4n) is 3.90. The highest BCUT2D eigenvalue weighted by atomic mass is 16.3. The minimum Gasteiger partial charge on any atom is -0.508 e. The largest absolute Gasteiger partial charge is 0.508 e. The van der Waals surface area contributed by atoms with Crippen molar-refractivity contribution in [1.82, 2.24) is 0 Å². The van der Waals surface area contributed by atoms with E-state index in [0.29, 0.717) is 30.1 Å². The standard InChI is InChI=1S/C26H30O3/c1-14-7-22(12-20-8-17(4)24(27)10-15(20)2)26(29)23(19(14)6)13-21-9-18(5)25(28)11-16(21)3/h7-11,27-29H,12-13H2,1-6H3. The van der Waals surface area contributed by atoms with Gasteiger partial charge in [0.25, 0.3) is 0 Å². The summed E-state index contributed by atoms with van der Waals surface area (Å²) in [6.45, 7) is 11.9. The van der Waals surface area contributed by atoms with E-state index in [0.717, 1.165) is 55.6 Å². The molecule has 3 heteroatoms. The second-order valence-corrected chi connectivity index (χ2v) is 8.29. The summed E-state index contributed by atoms with van der Waals surface area (Å²) in [5.74, 6) is 0.938. The molecule has 0 fully saturated rings. The van der Waals surface area contributed by atoms with E-state index < -0.39 is 0 Å². The van der Waals surface area contributed by atoms with Gasteiger partial charge in [-0.15, -0.1) is 0 Å². The average Bonchev–Trinajstić information content (AvgIpc) is 2.65. The van der Waals surface area contributed by atoms with Gasteiger partial charge < -0.3 is 15.3 Å². The summed E-state index contributed by atoms with van der Waals surface area (Å²) in [7, 11) is 0. The topological polar surface area (TPSA) is 60.7 Å². The highest BCUT2D eigenvalue weighted by Crippen LogP contribution is 2.35. The summed E-state index contributed by atoms with van der Waals surface area (Å²) >= 11 is 0. The van der Waals surface area contributed by atoms with Gasteiger partial charge >= 0.3 is 0 Å². The van der Waals surface area contributed by atoms with Crippen LogP contribution in [0.25, 0.3) is 0 Å². The SMILES string of the molecule is Cc1cc(Cc2cc(C)c(C)c(Cc3cc(C)c(O)cc3C)c2O)c(C)cc1O. The molecule has 3 N–H and O–H groups in total. The summed E-state index contributed by atoms with van der Waals surface area (Å²) in [6, 6.07) is 9.62. The summed E-state index contributed by atoms with van der Waals surface area (Å²) in [4.78, 5) is 0. The molecule has 0 aromatic heterocycles. The fourth-order valence-corrected chi connectivity index (χ4v) is 3.90. The van der Waals surface area contributed by atoms with E-state index in [-0.39, 0.29) is 0 Å². The predicted molar refractivity (Wildman–Crippen MR) is 118 cm³/mol. The molecule has 3 aromatic rings. The van der Waals surface area contributed by atoms with E-state index in [1.165, 1.54) is 0 Å². The minimum absolute atomic E-state index is 0.300. The van der Waals surface area contributed by atoms with Crippen LogP contribution < -0.4 is 0 Å². The normalized spacial score (nSPS) is 11.1. The second kappa shape index (κ2) is 7.82. The Labute approximate surface area is 173 Å². The monoisotopic (exact) mass is 390 g/mol. The van der Waals surface area contributed by atoms with Crippen LogP contribution in [0, 0.1) is 41.5 Å². The van der Waals surface area contributed by atoms with Gasteiger partial charge in [-0.05, 0) is 104 Å². The third-order valence-electron chi connectivity index (χ3n) is 6.08. The number of hydrogen-bond donors (Lipinski definition) is 3. The molecular formula is C26H30O3. The van der Waals surface area contributed by atoms with Crippen molar-refractivity contribution in [3.05, 3.63) is 86.0 Å². The molecule has 0 saturated carbocycles. The van der Waals surface area contributed by atoms with Crippen molar-refractivity contribution >= 4 is 0 Å². The van der Waals surface area contributed by atoms with Crippen LogP contribution in [0.1, 0.15) is 55.6 Å². The molecule has 0 aliphatic heterocycles. The fraction of sp³-hybridized carbons (Fsp3) is 0.308. The van der Waals surface area contributed by atoms with Crippen LogP contribution >= 0.6 is 0 Å². The zero-order valence-corrected chi connectivity index (χ0v) is 18.1. The molecule has 3 nitrogen and oxygen atoms in total. The minimum atomic E-state index is 0.300. The van der Waals surface area contributed by atoms with E-state index >= 15 is 0 Å². The van der Waals surface area contributed by atoms with E-state index in [4.69, 9.17) is 0 Å². The first kappa shape index (κ1) is 20.8. The van der Waals surface area contributed by atoms with E-state index in [1.807, 2.05) is 46.8 Å². The van der Waals surface area contributed by atoms with Gasteiger partial charge in [0.1, 0.15) is 17.2 Å². The van der Waals surface area contributed by atoms with Crippen LogP contribution in [0.3, 0.4) is 0 Å². The zero-order chi connectivity index (χ0) is 21.5. The molecule has 0 bridgehead atoms. The van der Waals surface area contributed by atoms with Gasteiger partial charge in [-0.25, -0.2) is 0 Å². The molecule has 0 spiro atoms. The van der Waals surface area contributed by atoms with Gasteiger partial charge in [0, 0.05) is 18.4 Å². The van der Waals surface area contributed by atoms with Gasteiger partial charge in [-0.1, -0.05) is 18.2 Å². The molecule has 3 aromatic carbocycles. The van der Waals surface area contributed by atoms with Crippen LogP contribution in [-0.2, 0) is 12.8 Å². The molecular weight excluding hydrogens is 360 g/mol. The highest BCUT2D eigenvalue weighted by molar-refractivity contribution is 5.54. The molecule has 0 atom stereocenters. The van der Waals surface area contributed by atoms with Gasteiger partial charge in [-0.2, -0.15) is 0 Å². The Morgan fingerprint density at radius 2 is 0.966 bits per heavy atom. The molecule has 152 valence electrons. The Balaban J connectivity index is 2.06. The average molecular weight is 391 g/mol. The van der Waals surface area contributed by atoms with Crippen molar-refractivity contribution in [3.8, 4) is 17.2 Å². The quantitative estimate of drug-likeness (QED) is 0.525. The van der Waals surface area contributed by atoms with Crippen molar-refractivity contribution in [2.75, 3.05) is 0 Å². The molecule has 3 rings (SSSR count). The maximum absolute atomic E-state index is 11.1. The Bertz CT molecular complexity index is 1090. The smallest absolute Gasteiger partial charge is 0.122 e. The maximum Gasteiger partial charge on any atom is 0.122 e. The van der Waals surface area contributed by atoms with Gasteiger partial charge in [0.2, 0.25) is 0 Å². The summed E-state index contributed by atoms with van der Waals surface area (Å²) in [5, 5.41) is 31.0. The van der Waals surface area contributed by atoms with Crippen LogP contribution in [0.2, 0.25) is 0 Å². The first-order valence-corrected chi connectivity index (χ1v) is 9.97. The second-order valence-electron chi connectivity index (χ2n) is 8.29. The Hall–Kier alpha value is -2.94. The van der Waals surface area contributed by atoms with Gasteiger partial charge in [0.05, 0.1) is 0 Å². The van der Waals surface area contributed by atoms with E-state index in [2.05, 4.69) is 13.0 Å². The van der Waals surface area contributed by atoms with Crippen molar-refractivity contribution in [2.45, 2.75) is 54.4 Å². The number of aryl methyl sites for hydroxylation is 5. The first-order valence-electron chi connectivity index (χ1n) is 9.97. The maximum atomic E-state index is 11.1. The zero-order valence-electron chi connectivity index (χ0n) is 18.1. The van der Waals surface area contributed by atoms with Crippen LogP contribution in [0.5, 0.6) is 17.2 Å². The third kappa shape index (κ3) is 4.09. The lowest BCUT2D eigenvalue weighted by atomic mass is 9.88. The third-order valence-corrected chi connectivity index (χ3v) is 6.08.